The van der Waals surface area contributed by atoms with Gasteiger partial charge in [0.05, 0.1) is 12.7 Å². The normalized spacial score (nSPS) is 22.5. The molecule has 2 aromatic rings. The van der Waals surface area contributed by atoms with Gasteiger partial charge < -0.3 is 14.2 Å². The summed E-state index contributed by atoms with van der Waals surface area (Å²) in [6.07, 6.45) is 8.25. The first kappa shape index (κ1) is 27.1. The third-order valence-corrected chi connectivity index (χ3v) is 7.65. The molecule has 0 aromatic heterocycles. The van der Waals surface area contributed by atoms with Gasteiger partial charge in [-0.3, -0.25) is 4.90 Å². The van der Waals surface area contributed by atoms with Gasteiger partial charge in [-0.2, -0.15) is 0 Å². The van der Waals surface area contributed by atoms with Crippen LogP contribution in [0.1, 0.15) is 44.9 Å². The van der Waals surface area contributed by atoms with Gasteiger partial charge in [-0.1, -0.05) is 48.6 Å². The van der Waals surface area contributed by atoms with Crippen LogP contribution >= 0.6 is 0 Å². The van der Waals surface area contributed by atoms with Crippen molar-refractivity contribution in [3.05, 3.63) is 84.2 Å². The Balaban J connectivity index is 1.15. The van der Waals surface area contributed by atoms with E-state index < -0.39 is 12.2 Å². The topological polar surface area (TPSA) is 68.3 Å². The molecule has 0 spiro atoms. The Morgan fingerprint density at radius 2 is 1.49 bits per heavy atom. The van der Waals surface area contributed by atoms with Crippen LogP contribution in [0.25, 0.3) is 0 Å². The Morgan fingerprint density at radius 1 is 0.897 bits per heavy atom. The second-order valence-corrected chi connectivity index (χ2v) is 10.3. The van der Waals surface area contributed by atoms with E-state index in [1.165, 1.54) is 0 Å². The molecule has 0 saturated carbocycles. The Kier molecular flexibility index (Phi) is 9.06. The van der Waals surface area contributed by atoms with Crippen molar-refractivity contribution in [3.63, 3.8) is 0 Å². The first-order valence-electron chi connectivity index (χ1n) is 13.8. The summed E-state index contributed by atoms with van der Waals surface area (Å²) in [5.41, 5.74) is 0.667. The monoisotopic (exact) mass is 534 g/mol. The highest BCUT2D eigenvalue weighted by Crippen LogP contribution is 2.37. The second kappa shape index (κ2) is 13.0. The molecule has 2 atom stereocenters. The lowest BCUT2D eigenvalue weighted by Crippen LogP contribution is -2.47. The number of para-hydroxylation sites is 2. The number of imide groups is 1. The average Bonchev–Trinajstić information content (AvgIpc) is 3.18. The summed E-state index contributed by atoms with van der Waals surface area (Å²) in [5.74, 6) is 0.665. The number of benzene rings is 2. The largest absolute Gasteiger partial charge is 0.424 e. The van der Waals surface area contributed by atoms with Gasteiger partial charge in [0.25, 0.3) is 0 Å². The van der Waals surface area contributed by atoms with E-state index in [1.54, 1.807) is 48.5 Å². The van der Waals surface area contributed by atoms with Crippen LogP contribution in [-0.2, 0) is 4.74 Å². The molecule has 3 aliphatic rings. The third kappa shape index (κ3) is 7.13. The van der Waals surface area contributed by atoms with Gasteiger partial charge in [0.15, 0.2) is 0 Å². The zero-order valence-electron chi connectivity index (χ0n) is 22.0. The number of amides is 2. The van der Waals surface area contributed by atoms with Crippen molar-refractivity contribution in [2.45, 2.75) is 63.1 Å². The SMILES string of the molecule is O=C(Oc1ccccc1)N(CCCN1C2CCC1CC(OCC1=C(F)CCC=C1)C2)C(=O)Oc1ccccc1. The predicted molar refractivity (Wildman–Crippen MR) is 145 cm³/mol. The van der Waals surface area contributed by atoms with E-state index in [0.717, 1.165) is 43.5 Å². The fourth-order valence-corrected chi connectivity index (χ4v) is 5.70. The lowest BCUT2D eigenvalue weighted by molar-refractivity contribution is -0.0115. The fourth-order valence-electron chi connectivity index (χ4n) is 5.70. The summed E-state index contributed by atoms with van der Waals surface area (Å²) in [4.78, 5) is 29.4. The van der Waals surface area contributed by atoms with Gasteiger partial charge in [-0.25, -0.2) is 18.9 Å². The highest BCUT2D eigenvalue weighted by Gasteiger charge is 2.41. The van der Waals surface area contributed by atoms with Crippen LogP contribution in [0.4, 0.5) is 14.0 Å². The molecule has 2 aromatic carbocycles. The van der Waals surface area contributed by atoms with Crippen LogP contribution in [0.15, 0.2) is 84.2 Å². The number of hydrogen-bond donors (Lipinski definition) is 0. The average molecular weight is 535 g/mol. The molecule has 2 fully saturated rings. The van der Waals surface area contributed by atoms with Crippen LogP contribution in [0.3, 0.4) is 0 Å². The van der Waals surface area contributed by atoms with Gasteiger partial charge in [-0.05, 0) is 62.8 Å². The number of rotatable bonds is 9. The van der Waals surface area contributed by atoms with Crippen molar-refractivity contribution in [2.24, 2.45) is 0 Å². The van der Waals surface area contributed by atoms with Crippen molar-refractivity contribution < 1.29 is 28.2 Å². The smallest absolute Gasteiger partial charge is 0.410 e. The molecule has 2 aliphatic heterocycles. The maximum Gasteiger partial charge on any atom is 0.424 e. The minimum Gasteiger partial charge on any atom is -0.410 e. The molecule has 39 heavy (non-hydrogen) atoms. The van der Waals surface area contributed by atoms with E-state index >= 15 is 0 Å². The zero-order chi connectivity index (χ0) is 27.0. The zero-order valence-corrected chi connectivity index (χ0v) is 22.0. The molecule has 8 heteroatoms. The Bertz CT molecular complexity index is 1120. The molecular weight excluding hydrogens is 499 g/mol. The minimum absolute atomic E-state index is 0.0564. The number of allylic oxidation sites excluding steroid dienone is 2. The molecule has 0 radical (unpaired) electrons. The van der Waals surface area contributed by atoms with Crippen molar-refractivity contribution in [1.82, 2.24) is 9.80 Å². The van der Waals surface area contributed by atoms with Gasteiger partial charge in [0.1, 0.15) is 17.3 Å². The highest BCUT2D eigenvalue weighted by molar-refractivity contribution is 5.89. The number of fused-ring (bicyclic) bond motifs is 2. The van der Waals surface area contributed by atoms with E-state index in [4.69, 9.17) is 14.2 Å². The number of halogens is 1. The number of piperidine rings is 1. The number of carbonyl (C=O) groups excluding carboxylic acids is 2. The van der Waals surface area contributed by atoms with Crippen molar-refractivity contribution in [3.8, 4) is 11.5 Å². The number of hydrogen-bond acceptors (Lipinski definition) is 6. The van der Waals surface area contributed by atoms with Crippen LogP contribution in [-0.4, -0.2) is 59.9 Å². The summed E-state index contributed by atoms with van der Waals surface area (Å²) in [5, 5.41) is 0. The van der Waals surface area contributed by atoms with Crippen LogP contribution in [0, 0.1) is 0 Å². The number of nitrogens with zero attached hydrogens (tertiary/aromatic N) is 2. The van der Waals surface area contributed by atoms with Crippen molar-refractivity contribution in [1.29, 1.82) is 0 Å². The first-order valence-corrected chi connectivity index (χ1v) is 13.8. The van der Waals surface area contributed by atoms with E-state index in [1.807, 2.05) is 24.3 Å². The van der Waals surface area contributed by atoms with Crippen molar-refractivity contribution >= 4 is 12.2 Å². The molecule has 5 rings (SSSR count). The van der Waals surface area contributed by atoms with E-state index in [0.29, 0.717) is 48.6 Å². The van der Waals surface area contributed by atoms with Gasteiger partial charge in [0.2, 0.25) is 0 Å². The standard InChI is InChI=1S/C31H35FN2O5/c32-29-15-8-7-10-23(29)22-37-28-20-24-16-17-25(21-28)33(24)18-9-19-34(30(35)38-26-11-3-1-4-12-26)31(36)39-27-13-5-2-6-14-27/h1-7,10-14,24-25,28H,8-9,15-22H2. The molecule has 206 valence electrons. The molecule has 0 N–H and O–H groups in total. The van der Waals surface area contributed by atoms with Gasteiger partial charge >= 0.3 is 12.2 Å². The van der Waals surface area contributed by atoms with Crippen molar-refractivity contribution in [2.75, 3.05) is 19.7 Å². The number of ether oxygens (including phenoxy) is 3. The third-order valence-electron chi connectivity index (χ3n) is 7.65. The Labute approximate surface area is 228 Å². The summed E-state index contributed by atoms with van der Waals surface area (Å²) < 4.78 is 31.1. The predicted octanol–water partition coefficient (Wildman–Crippen LogP) is 6.66. The summed E-state index contributed by atoms with van der Waals surface area (Å²) >= 11 is 0. The Hall–Kier alpha value is -3.49. The van der Waals surface area contributed by atoms with E-state index in [9.17, 15) is 14.0 Å². The minimum atomic E-state index is -0.768. The lowest BCUT2D eigenvalue weighted by atomic mass is 9.99. The van der Waals surface area contributed by atoms with Gasteiger partial charge in [-0.15, -0.1) is 0 Å². The molecule has 2 heterocycles. The molecule has 2 unspecified atom stereocenters. The maximum absolute atomic E-state index is 14.1. The van der Waals surface area contributed by atoms with Crippen LogP contribution in [0.5, 0.6) is 11.5 Å². The summed E-state index contributed by atoms with van der Waals surface area (Å²) in [6.45, 7) is 1.25. The fraction of sp³-hybridized carbons (Fsp3) is 0.419. The first-order chi connectivity index (χ1) is 19.1. The van der Waals surface area contributed by atoms with Gasteiger partial charge in [0, 0.05) is 37.2 Å². The highest BCUT2D eigenvalue weighted by atomic mass is 19.1. The molecule has 2 amide bonds. The molecule has 1 aliphatic carbocycles. The molecule has 2 saturated heterocycles. The summed E-state index contributed by atoms with van der Waals surface area (Å²) in [6, 6.07) is 18.1. The second-order valence-electron chi connectivity index (χ2n) is 10.3. The molecule has 7 nitrogen and oxygen atoms in total. The number of carbonyl (C=O) groups is 2. The summed E-state index contributed by atoms with van der Waals surface area (Å²) in [7, 11) is 0. The lowest BCUT2D eigenvalue weighted by Gasteiger charge is -2.39. The molecule has 2 bridgehead atoms. The van der Waals surface area contributed by atoms with Crippen LogP contribution in [0.2, 0.25) is 0 Å². The molecular formula is C31H35FN2O5. The van der Waals surface area contributed by atoms with E-state index in [2.05, 4.69) is 4.90 Å². The maximum atomic E-state index is 14.1. The van der Waals surface area contributed by atoms with E-state index in [-0.39, 0.29) is 18.5 Å². The quantitative estimate of drug-likeness (QED) is 0.358. The Morgan fingerprint density at radius 3 is 2.05 bits per heavy atom. The van der Waals surface area contributed by atoms with Crippen LogP contribution < -0.4 is 9.47 Å².